The van der Waals surface area contributed by atoms with Gasteiger partial charge in [0.1, 0.15) is 11.5 Å². The van der Waals surface area contributed by atoms with Gasteiger partial charge >= 0.3 is 0 Å². The van der Waals surface area contributed by atoms with E-state index in [9.17, 15) is 9.59 Å². The Hall–Kier alpha value is -4.12. The lowest BCUT2D eigenvalue weighted by Crippen LogP contribution is -2.35. The minimum absolute atomic E-state index is 0.120. The predicted octanol–water partition coefficient (Wildman–Crippen LogP) is 7.06. The van der Waals surface area contributed by atoms with E-state index < -0.39 is 0 Å². The minimum atomic E-state index is -0.120. The van der Waals surface area contributed by atoms with Crippen molar-refractivity contribution in [3.63, 3.8) is 0 Å². The van der Waals surface area contributed by atoms with Crippen LogP contribution >= 0.6 is 0 Å². The van der Waals surface area contributed by atoms with Crippen LogP contribution in [0.5, 0.6) is 0 Å². The first kappa shape index (κ1) is 25.5. The highest BCUT2D eigenvalue weighted by atomic mass is 16.3. The van der Waals surface area contributed by atoms with E-state index in [1.807, 2.05) is 77.7 Å². The van der Waals surface area contributed by atoms with Crippen molar-refractivity contribution in [3.8, 4) is 11.3 Å². The van der Waals surface area contributed by atoms with E-state index in [4.69, 9.17) is 4.42 Å². The molecule has 0 unspecified atom stereocenters. The number of nitrogens with one attached hydrogen (secondary N) is 1. The normalized spacial score (nSPS) is 12.7. The Morgan fingerprint density at radius 3 is 2.37 bits per heavy atom. The van der Waals surface area contributed by atoms with Gasteiger partial charge in [-0.2, -0.15) is 0 Å². The zero-order valence-electron chi connectivity index (χ0n) is 21.9. The molecule has 0 atom stereocenters. The standard InChI is InChI=1S/C33H34N2O3/c1-2-3-7-25-10-13-27(14-11-25)33(37)34-29-17-15-26(16-18-29)31-22-28-23-35(21-20-30(28)38-31)32(36)19-12-24-8-5-4-6-9-24/h4-6,8-11,13-18,22H,2-3,7,12,19-21,23H2,1H3,(H,34,37). The summed E-state index contributed by atoms with van der Waals surface area (Å²) in [6.07, 6.45) is 5.34. The fourth-order valence-corrected chi connectivity index (χ4v) is 4.87. The van der Waals surface area contributed by atoms with Gasteiger partial charge in [-0.05, 0) is 72.9 Å². The Morgan fingerprint density at radius 2 is 1.63 bits per heavy atom. The summed E-state index contributed by atoms with van der Waals surface area (Å²) < 4.78 is 6.15. The highest BCUT2D eigenvalue weighted by molar-refractivity contribution is 6.04. The molecule has 3 aromatic carbocycles. The zero-order chi connectivity index (χ0) is 26.3. The molecule has 194 valence electrons. The maximum Gasteiger partial charge on any atom is 0.255 e. The Bertz CT molecular complexity index is 1370. The predicted molar refractivity (Wildman–Crippen MR) is 151 cm³/mol. The van der Waals surface area contributed by atoms with Crippen LogP contribution in [0.15, 0.2) is 89.3 Å². The van der Waals surface area contributed by atoms with Gasteiger partial charge in [0, 0.05) is 48.3 Å². The van der Waals surface area contributed by atoms with Gasteiger partial charge in [-0.1, -0.05) is 55.8 Å². The van der Waals surface area contributed by atoms with Gasteiger partial charge in [0.2, 0.25) is 5.91 Å². The topological polar surface area (TPSA) is 62.6 Å². The number of carbonyl (C=O) groups excluding carboxylic acids is 2. The summed E-state index contributed by atoms with van der Waals surface area (Å²) in [4.78, 5) is 27.4. The number of benzene rings is 3. The van der Waals surface area contributed by atoms with Crippen molar-refractivity contribution in [2.24, 2.45) is 0 Å². The van der Waals surface area contributed by atoms with Crippen LogP contribution in [0.1, 0.15) is 59.0 Å². The number of unbranched alkanes of at least 4 members (excludes halogenated alkanes) is 1. The van der Waals surface area contributed by atoms with E-state index in [2.05, 4.69) is 24.4 Å². The lowest BCUT2D eigenvalue weighted by atomic mass is 10.1. The average molecular weight is 507 g/mol. The van der Waals surface area contributed by atoms with Crippen LogP contribution in [-0.2, 0) is 30.6 Å². The summed E-state index contributed by atoms with van der Waals surface area (Å²) in [6.45, 7) is 3.44. The smallest absolute Gasteiger partial charge is 0.255 e. The molecule has 0 radical (unpaired) electrons. The molecule has 0 saturated carbocycles. The van der Waals surface area contributed by atoms with Gasteiger partial charge in [-0.15, -0.1) is 0 Å². The molecule has 38 heavy (non-hydrogen) atoms. The average Bonchev–Trinajstić information content (AvgIpc) is 3.39. The van der Waals surface area contributed by atoms with Gasteiger partial charge in [0.15, 0.2) is 0 Å². The van der Waals surface area contributed by atoms with Crippen molar-refractivity contribution < 1.29 is 14.0 Å². The SMILES string of the molecule is CCCCc1ccc(C(=O)Nc2ccc(-c3cc4c(o3)CCN(C(=O)CCc3ccccc3)C4)cc2)cc1. The van der Waals surface area contributed by atoms with Gasteiger partial charge in [0.25, 0.3) is 5.91 Å². The fourth-order valence-electron chi connectivity index (χ4n) is 4.87. The maximum atomic E-state index is 12.8. The molecule has 2 heterocycles. The number of hydrogen-bond acceptors (Lipinski definition) is 3. The summed E-state index contributed by atoms with van der Waals surface area (Å²) in [7, 11) is 0. The molecule has 5 nitrogen and oxygen atoms in total. The molecule has 1 aromatic heterocycles. The lowest BCUT2D eigenvalue weighted by Gasteiger charge is -2.26. The first-order chi connectivity index (χ1) is 18.6. The first-order valence-electron chi connectivity index (χ1n) is 13.5. The van der Waals surface area contributed by atoms with Crippen LogP contribution in [0.2, 0.25) is 0 Å². The van der Waals surface area contributed by atoms with Gasteiger partial charge in [-0.3, -0.25) is 9.59 Å². The molecule has 0 aliphatic carbocycles. The minimum Gasteiger partial charge on any atom is -0.461 e. The second-order valence-electron chi connectivity index (χ2n) is 9.94. The highest BCUT2D eigenvalue weighted by Crippen LogP contribution is 2.30. The van der Waals surface area contributed by atoms with Gasteiger partial charge in [-0.25, -0.2) is 0 Å². The number of hydrogen-bond donors (Lipinski definition) is 1. The molecule has 5 heteroatoms. The van der Waals surface area contributed by atoms with Crippen molar-refractivity contribution in [1.29, 1.82) is 0 Å². The van der Waals surface area contributed by atoms with E-state index in [-0.39, 0.29) is 11.8 Å². The van der Waals surface area contributed by atoms with Crippen LogP contribution < -0.4 is 5.32 Å². The first-order valence-corrected chi connectivity index (χ1v) is 13.5. The van der Waals surface area contributed by atoms with Crippen molar-refractivity contribution >= 4 is 17.5 Å². The molecule has 0 bridgehead atoms. The highest BCUT2D eigenvalue weighted by Gasteiger charge is 2.24. The summed E-state index contributed by atoms with van der Waals surface area (Å²) in [6, 6.07) is 27.7. The van der Waals surface area contributed by atoms with E-state index >= 15 is 0 Å². The Morgan fingerprint density at radius 1 is 0.895 bits per heavy atom. The van der Waals surface area contributed by atoms with E-state index in [0.29, 0.717) is 25.1 Å². The molecule has 5 rings (SSSR count). The molecule has 1 N–H and O–H groups in total. The molecule has 1 aliphatic rings. The third-order valence-corrected chi connectivity index (χ3v) is 7.15. The molecule has 2 amide bonds. The summed E-state index contributed by atoms with van der Waals surface area (Å²) in [5.74, 6) is 1.80. The molecule has 4 aromatic rings. The summed E-state index contributed by atoms with van der Waals surface area (Å²) in [5, 5.41) is 2.98. The van der Waals surface area contributed by atoms with Crippen LogP contribution in [-0.4, -0.2) is 23.3 Å². The monoisotopic (exact) mass is 506 g/mol. The number of fused-ring (bicyclic) bond motifs is 1. The second-order valence-corrected chi connectivity index (χ2v) is 9.94. The number of aryl methyl sites for hydroxylation is 2. The molecule has 1 aliphatic heterocycles. The lowest BCUT2D eigenvalue weighted by molar-refractivity contribution is -0.132. The van der Waals surface area contributed by atoms with Crippen LogP contribution in [0.3, 0.4) is 0 Å². The van der Waals surface area contributed by atoms with Gasteiger partial charge < -0.3 is 14.6 Å². The summed E-state index contributed by atoms with van der Waals surface area (Å²) >= 11 is 0. The third-order valence-electron chi connectivity index (χ3n) is 7.15. The Kier molecular flexibility index (Phi) is 8.03. The molecule has 0 fully saturated rings. The zero-order valence-corrected chi connectivity index (χ0v) is 21.9. The van der Waals surface area contributed by atoms with Crippen molar-refractivity contribution in [1.82, 2.24) is 4.90 Å². The van der Waals surface area contributed by atoms with E-state index in [1.54, 1.807) is 0 Å². The van der Waals surface area contributed by atoms with Crippen LogP contribution in [0, 0.1) is 0 Å². The fraction of sp³-hybridized carbons (Fsp3) is 0.273. The molecule has 0 saturated heterocycles. The second kappa shape index (κ2) is 12.0. The van der Waals surface area contributed by atoms with Crippen molar-refractivity contribution in [2.45, 2.75) is 52.0 Å². The third kappa shape index (κ3) is 6.23. The van der Waals surface area contributed by atoms with Crippen LogP contribution in [0.4, 0.5) is 5.69 Å². The summed E-state index contributed by atoms with van der Waals surface area (Å²) in [5.41, 5.74) is 5.84. The number of nitrogens with zero attached hydrogens (tertiary/aromatic N) is 1. The number of amides is 2. The van der Waals surface area contributed by atoms with Crippen molar-refractivity contribution in [3.05, 3.63) is 113 Å². The molecule has 0 spiro atoms. The Labute approximate surface area is 224 Å². The number of anilines is 1. The maximum absolute atomic E-state index is 12.8. The number of carbonyl (C=O) groups is 2. The molecular formula is C33H34N2O3. The molecular weight excluding hydrogens is 472 g/mol. The van der Waals surface area contributed by atoms with Gasteiger partial charge in [0.05, 0.1) is 0 Å². The van der Waals surface area contributed by atoms with Crippen molar-refractivity contribution in [2.75, 3.05) is 11.9 Å². The quantitative estimate of drug-likeness (QED) is 0.264. The van der Waals surface area contributed by atoms with E-state index in [1.165, 1.54) is 11.1 Å². The van der Waals surface area contributed by atoms with Crippen LogP contribution in [0.25, 0.3) is 11.3 Å². The largest absolute Gasteiger partial charge is 0.461 e. The van der Waals surface area contributed by atoms with E-state index in [0.717, 1.165) is 60.4 Å². The number of furan rings is 1. The Balaban J connectivity index is 1.17. The number of rotatable bonds is 9.